The first-order valence-corrected chi connectivity index (χ1v) is 11.4. The molecule has 1 aromatic rings. The molecular formula is C24H32N6O2. The van der Waals surface area contributed by atoms with Crippen LogP contribution >= 0.6 is 0 Å². The number of allylic oxidation sites excluding steroid dienone is 2. The van der Waals surface area contributed by atoms with Crippen molar-refractivity contribution in [2.75, 3.05) is 50.8 Å². The monoisotopic (exact) mass is 436 g/mol. The van der Waals surface area contributed by atoms with Crippen molar-refractivity contribution in [1.82, 2.24) is 19.8 Å². The van der Waals surface area contributed by atoms with Gasteiger partial charge in [-0.1, -0.05) is 12.5 Å². The lowest BCUT2D eigenvalue weighted by atomic mass is 9.73. The van der Waals surface area contributed by atoms with Gasteiger partial charge >= 0.3 is 0 Å². The van der Waals surface area contributed by atoms with E-state index in [1.807, 2.05) is 24.0 Å². The Labute approximate surface area is 190 Å². The lowest BCUT2D eigenvalue weighted by Gasteiger charge is -2.54. The van der Waals surface area contributed by atoms with E-state index in [2.05, 4.69) is 32.8 Å². The summed E-state index contributed by atoms with van der Waals surface area (Å²) in [6.07, 6.45) is 9.77. The Morgan fingerprint density at radius 2 is 2.12 bits per heavy atom. The molecule has 0 N–H and O–H groups in total. The number of likely N-dealkylation sites (tertiary alicyclic amines) is 1. The highest BCUT2D eigenvalue weighted by atomic mass is 16.5. The number of hydrogen-bond acceptors (Lipinski definition) is 7. The van der Waals surface area contributed by atoms with Crippen LogP contribution < -0.4 is 4.90 Å². The number of nitriles is 1. The SMILES string of the molecule is C/C(=C\C1=COCC(C)CN1CC(=O)N1CCCC2(C1)CN(c1ncccn1)C2)CC#N. The predicted molar refractivity (Wildman–Crippen MR) is 121 cm³/mol. The Morgan fingerprint density at radius 3 is 2.88 bits per heavy atom. The minimum absolute atomic E-state index is 0.143. The van der Waals surface area contributed by atoms with Crippen molar-refractivity contribution >= 4 is 11.9 Å². The van der Waals surface area contributed by atoms with E-state index in [0.717, 1.165) is 62.8 Å². The second-order valence-electron chi connectivity index (χ2n) is 9.51. The minimum Gasteiger partial charge on any atom is -0.499 e. The summed E-state index contributed by atoms with van der Waals surface area (Å²) in [4.78, 5) is 28.4. The van der Waals surface area contributed by atoms with Gasteiger partial charge in [-0.25, -0.2) is 9.97 Å². The van der Waals surface area contributed by atoms with Crippen molar-refractivity contribution in [3.63, 3.8) is 0 Å². The molecule has 0 aromatic carbocycles. The molecule has 0 bridgehead atoms. The van der Waals surface area contributed by atoms with Gasteiger partial charge < -0.3 is 19.4 Å². The van der Waals surface area contributed by atoms with E-state index < -0.39 is 0 Å². The Bertz CT molecular complexity index is 916. The molecule has 1 amide bonds. The van der Waals surface area contributed by atoms with E-state index in [9.17, 15) is 4.79 Å². The number of hydrogen-bond donors (Lipinski definition) is 0. The summed E-state index contributed by atoms with van der Waals surface area (Å²) in [5.41, 5.74) is 1.98. The maximum atomic E-state index is 13.3. The van der Waals surface area contributed by atoms with E-state index in [1.165, 1.54) is 0 Å². The van der Waals surface area contributed by atoms with Gasteiger partial charge in [0.15, 0.2) is 0 Å². The summed E-state index contributed by atoms with van der Waals surface area (Å²) in [7, 11) is 0. The van der Waals surface area contributed by atoms with Gasteiger partial charge in [0.05, 0.1) is 31.3 Å². The molecule has 3 aliphatic heterocycles. The van der Waals surface area contributed by atoms with E-state index in [-0.39, 0.29) is 11.3 Å². The lowest BCUT2D eigenvalue weighted by molar-refractivity contribution is -0.136. The molecule has 1 atom stereocenters. The lowest BCUT2D eigenvalue weighted by Crippen LogP contribution is -2.64. The Morgan fingerprint density at radius 1 is 1.34 bits per heavy atom. The van der Waals surface area contributed by atoms with Gasteiger partial charge in [-0.15, -0.1) is 0 Å². The number of ether oxygens (including phenoxy) is 1. The molecule has 32 heavy (non-hydrogen) atoms. The first-order chi connectivity index (χ1) is 15.5. The molecule has 8 nitrogen and oxygen atoms in total. The van der Waals surface area contributed by atoms with Crippen LogP contribution in [-0.4, -0.2) is 71.6 Å². The summed E-state index contributed by atoms with van der Waals surface area (Å²) in [6, 6.07) is 4.01. The van der Waals surface area contributed by atoms with Crippen molar-refractivity contribution in [3.8, 4) is 6.07 Å². The highest BCUT2D eigenvalue weighted by Crippen LogP contribution is 2.40. The Hall–Kier alpha value is -3.08. The minimum atomic E-state index is 0.143. The van der Waals surface area contributed by atoms with Gasteiger partial charge in [-0.2, -0.15) is 5.26 Å². The van der Waals surface area contributed by atoms with Crippen molar-refractivity contribution in [2.45, 2.75) is 33.1 Å². The zero-order chi connectivity index (χ0) is 22.6. The number of carbonyl (C=O) groups is 1. The van der Waals surface area contributed by atoms with Crippen LogP contribution in [0.5, 0.6) is 0 Å². The zero-order valence-electron chi connectivity index (χ0n) is 19.0. The molecule has 0 saturated carbocycles. The van der Waals surface area contributed by atoms with E-state index in [4.69, 9.17) is 10.00 Å². The molecule has 8 heteroatoms. The van der Waals surface area contributed by atoms with Gasteiger partial charge in [-0.05, 0) is 31.9 Å². The fourth-order valence-electron chi connectivity index (χ4n) is 4.92. The first-order valence-electron chi connectivity index (χ1n) is 11.4. The summed E-state index contributed by atoms with van der Waals surface area (Å²) < 4.78 is 5.70. The highest BCUT2D eigenvalue weighted by Gasteiger charge is 2.47. The van der Waals surface area contributed by atoms with E-state index in [0.29, 0.717) is 25.5 Å². The number of carbonyl (C=O) groups excluding carboxylic acids is 1. The second kappa shape index (κ2) is 9.60. The molecule has 0 radical (unpaired) electrons. The maximum Gasteiger partial charge on any atom is 0.242 e. The zero-order valence-corrected chi connectivity index (χ0v) is 19.0. The fraction of sp³-hybridized carbons (Fsp3) is 0.583. The average molecular weight is 437 g/mol. The molecule has 3 aliphatic rings. The van der Waals surface area contributed by atoms with Crippen LogP contribution in [0.1, 0.15) is 33.1 Å². The molecule has 4 heterocycles. The number of aromatic nitrogens is 2. The van der Waals surface area contributed by atoms with Crippen LogP contribution in [0.2, 0.25) is 0 Å². The number of nitrogens with zero attached hydrogens (tertiary/aromatic N) is 6. The molecule has 2 saturated heterocycles. The van der Waals surface area contributed by atoms with Crippen LogP contribution in [0.4, 0.5) is 5.95 Å². The van der Waals surface area contributed by atoms with Gasteiger partial charge in [0.1, 0.15) is 6.26 Å². The van der Waals surface area contributed by atoms with Gasteiger partial charge in [0.25, 0.3) is 0 Å². The normalized spacial score (nSPS) is 23.0. The van der Waals surface area contributed by atoms with E-state index >= 15 is 0 Å². The topological polar surface area (TPSA) is 85.6 Å². The summed E-state index contributed by atoms with van der Waals surface area (Å²) in [5.74, 6) is 1.25. The Kier molecular flexibility index (Phi) is 6.63. The number of piperidine rings is 1. The molecule has 0 aliphatic carbocycles. The smallest absolute Gasteiger partial charge is 0.242 e. The number of rotatable bonds is 5. The van der Waals surface area contributed by atoms with Crippen LogP contribution in [0.15, 0.2) is 42.1 Å². The van der Waals surface area contributed by atoms with Crippen LogP contribution in [0, 0.1) is 22.7 Å². The maximum absolute atomic E-state index is 13.3. The molecule has 1 aromatic heterocycles. The molecule has 1 unspecified atom stereocenters. The van der Waals surface area contributed by atoms with Crippen molar-refractivity contribution < 1.29 is 9.53 Å². The third-order valence-corrected chi connectivity index (χ3v) is 6.46. The first kappa shape index (κ1) is 22.1. The predicted octanol–water partition coefficient (Wildman–Crippen LogP) is 2.58. The highest BCUT2D eigenvalue weighted by molar-refractivity contribution is 5.79. The van der Waals surface area contributed by atoms with Crippen molar-refractivity contribution in [3.05, 3.63) is 42.1 Å². The van der Waals surface area contributed by atoms with Crippen molar-refractivity contribution in [1.29, 1.82) is 5.26 Å². The summed E-state index contributed by atoms with van der Waals surface area (Å²) >= 11 is 0. The number of anilines is 1. The fourth-order valence-corrected chi connectivity index (χ4v) is 4.92. The van der Waals surface area contributed by atoms with Gasteiger partial charge in [-0.3, -0.25) is 4.79 Å². The molecule has 170 valence electrons. The molecule has 2 fully saturated rings. The molecular weight excluding hydrogens is 404 g/mol. The standard InChI is InChI=1S/C24H32N6O2/c1-19(5-7-25)11-21-15-32-14-20(2)12-29(21)13-22(31)28-10-3-6-24(16-28)17-30(18-24)23-26-8-4-9-27-23/h4,8-9,11,15,20H,3,5-6,10,12-14,16-18H2,1-2H3/b19-11+. The summed E-state index contributed by atoms with van der Waals surface area (Å²) in [6.45, 7) is 9.18. The third kappa shape index (κ3) is 5.04. The molecule has 4 rings (SSSR count). The Balaban J connectivity index is 1.40. The third-order valence-electron chi connectivity index (χ3n) is 6.46. The molecule has 1 spiro atoms. The van der Waals surface area contributed by atoms with Gasteiger partial charge in [0, 0.05) is 56.5 Å². The second-order valence-corrected chi connectivity index (χ2v) is 9.51. The van der Waals surface area contributed by atoms with Crippen molar-refractivity contribution in [2.24, 2.45) is 11.3 Å². The van der Waals surface area contributed by atoms with Gasteiger partial charge in [0.2, 0.25) is 11.9 Å². The number of amides is 1. The van der Waals surface area contributed by atoms with Crippen LogP contribution in [0.25, 0.3) is 0 Å². The summed E-state index contributed by atoms with van der Waals surface area (Å²) in [5, 5.41) is 8.99. The average Bonchev–Trinajstić information content (AvgIpc) is 2.93. The van der Waals surface area contributed by atoms with Crippen LogP contribution in [0.3, 0.4) is 0 Å². The quantitative estimate of drug-likeness (QED) is 0.701. The van der Waals surface area contributed by atoms with E-state index in [1.54, 1.807) is 18.7 Å². The largest absolute Gasteiger partial charge is 0.499 e. The van der Waals surface area contributed by atoms with Crippen LogP contribution in [-0.2, 0) is 9.53 Å².